The zero-order valence-corrected chi connectivity index (χ0v) is 14.2. The maximum Gasteiger partial charge on any atom is 0.125 e. The van der Waals surface area contributed by atoms with Crippen LogP contribution in [0.3, 0.4) is 0 Å². The lowest BCUT2D eigenvalue weighted by molar-refractivity contribution is 0.177. The van der Waals surface area contributed by atoms with Gasteiger partial charge in [-0.15, -0.1) is 0 Å². The highest BCUT2D eigenvalue weighted by Crippen LogP contribution is 2.37. The lowest BCUT2D eigenvalue weighted by atomic mass is 9.99. The Kier molecular flexibility index (Phi) is 4.46. The molecule has 5 heteroatoms. The first-order chi connectivity index (χ1) is 10.1. The van der Waals surface area contributed by atoms with Crippen LogP contribution in [0.4, 0.5) is 0 Å². The Morgan fingerprint density at radius 3 is 2.90 bits per heavy atom. The Morgan fingerprint density at radius 2 is 2.10 bits per heavy atom. The Labute approximate surface area is 141 Å². The molecular weight excluding hydrogens is 375 g/mol. The summed E-state index contributed by atoms with van der Waals surface area (Å²) in [5, 5.41) is 11.3. The molecule has 21 heavy (non-hydrogen) atoms. The third-order valence-corrected chi connectivity index (χ3v) is 4.87. The summed E-state index contributed by atoms with van der Waals surface area (Å²) in [6, 6.07) is 9.32. The normalized spacial score (nSPS) is 14.7. The summed E-state index contributed by atoms with van der Waals surface area (Å²) < 4.78 is 6.68. The van der Waals surface area contributed by atoms with Gasteiger partial charge in [0.2, 0.25) is 0 Å². The van der Waals surface area contributed by atoms with Crippen LogP contribution < -0.4 is 4.74 Å². The highest BCUT2D eigenvalue weighted by molar-refractivity contribution is 9.10. The smallest absolute Gasteiger partial charge is 0.125 e. The third kappa shape index (κ3) is 3.07. The molecule has 2 aromatic rings. The predicted molar refractivity (Wildman–Crippen MR) is 88.5 cm³/mol. The van der Waals surface area contributed by atoms with Gasteiger partial charge >= 0.3 is 0 Å². The molecule has 1 heterocycles. The van der Waals surface area contributed by atoms with Gasteiger partial charge in [-0.2, -0.15) is 0 Å². The molecule has 0 aliphatic carbocycles. The summed E-state index contributed by atoms with van der Waals surface area (Å²) in [6.07, 6.45) is 0.608. The summed E-state index contributed by atoms with van der Waals surface area (Å²) in [4.78, 5) is 0. The molecule has 0 radical (unpaired) electrons. The zero-order chi connectivity index (χ0) is 15.0. The second-order valence-electron chi connectivity index (χ2n) is 5.01. The van der Waals surface area contributed by atoms with Crippen molar-refractivity contribution in [2.75, 3.05) is 6.61 Å². The van der Waals surface area contributed by atoms with E-state index in [0.29, 0.717) is 28.6 Å². The van der Waals surface area contributed by atoms with Crippen LogP contribution in [0.2, 0.25) is 10.0 Å². The van der Waals surface area contributed by atoms with Crippen LogP contribution in [0.1, 0.15) is 22.8 Å². The molecule has 0 amide bonds. The summed E-state index contributed by atoms with van der Waals surface area (Å²) >= 11 is 15.7. The zero-order valence-electron chi connectivity index (χ0n) is 11.1. The third-order valence-electron chi connectivity index (χ3n) is 3.58. The minimum atomic E-state index is -0.723. The van der Waals surface area contributed by atoms with E-state index in [0.717, 1.165) is 22.2 Å². The summed E-state index contributed by atoms with van der Waals surface area (Å²) in [6.45, 7) is 0.687. The average Bonchev–Trinajstić information content (AvgIpc) is 2.90. The molecule has 3 rings (SSSR count). The van der Waals surface area contributed by atoms with Gasteiger partial charge < -0.3 is 9.84 Å². The van der Waals surface area contributed by atoms with Crippen molar-refractivity contribution < 1.29 is 9.84 Å². The fourth-order valence-corrected chi connectivity index (χ4v) is 3.58. The van der Waals surface area contributed by atoms with Crippen molar-refractivity contribution in [3.8, 4) is 5.75 Å². The largest absolute Gasteiger partial charge is 0.493 e. The number of benzene rings is 2. The standard InChI is InChI=1S/C16H13BrCl2O2/c17-11-6-9-4-5-21-16(9)10(7-11)8-14(20)12-2-1-3-13(18)15(12)19/h1-3,6-7,14,20H,4-5,8H2. The van der Waals surface area contributed by atoms with Crippen LogP contribution >= 0.6 is 39.1 Å². The molecule has 0 spiro atoms. The van der Waals surface area contributed by atoms with Gasteiger partial charge in [0.15, 0.2) is 0 Å². The van der Waals surface area contributed by atoms with Crippen molar-refractivity contribution in [2.45, 2.75) is 18.9 Å². The minimum absolute atomic E-state index is 0.402. The molecule has 2 nitrogen and oxygen atoms in total. The molecule has 1 aliphatic heterocycles. The van der Waals surface area contributed by atoms with Gasteiger partial charge in [-0.3, -0.25) is 0 Å². The highest BCUT2D eigenvalue weighted by atomic mass is 79.9. The molecule has 1 unspecified atom stereocenters. The summed E-state index contributed by atoms with van der Waals surface area (Å²) in [5.74, 6) is 0.885. The Morgan fingerprint density at radius 1 is 1.29 bits per heavy atom. The van der Waals surface area contributed by atoms with Crippen LogP contribution in [0.15, 0.2) is 34.8 Å². The van der Waals surface area contributed by atoms with E-state index in [-0.39, 0.29) is 0 Å². The minimum Gasteiger partial charge on any atom is -0.493 e. The van der Waals surface area contributed by atoms with Gasteiger partial charge in [-0.1, -0.05) is 51.3 Å². The average molecular weight is 388 g/mol. The first kappa shape index (κ1) is 15.2. The van der Waals surface area contributed by atoms with Crippen LogP contribution in [0.5, 0.6) is 5.75 Å². The molecule has 0 saturated carbocycles. The van der Waals surface area contributed by atoms with Crippen LogP contribution in [-0.2, 0) is 12.8 Å². The van der Waals surface area contributed by atoms with Crippen molar-refractivity contribution in [3.05, 3.63) is 61.5 Å². The van der Waals surface area contributed by atoms with Crippen molar-refractivity contribution >= 4 is 39.1 Å². The monoisotopic (exact) mass is 386 g/mol. The number of rotatable bonds is 3. The number of hydrogen-bond donors (Lipinski definition) is 1. The van der Waals surface area contributed by atoms with Crippen LogP contribution in [-0.4, -0.2) is 11.7 Å². The van der Waals surface area contributed by atoms with Gasteiger partial charge in [0.25, 0.3) is 0 Å². The Balaban J connectivity index is 1.92. The van der Waals surface area contributed by atoms with Gasteiger partial charge in [0, 0.05) is 22.9 Å². The van der Waals surface area contributed by atoms with E-state index in [9.17, 15) is 5.11 Å². The fraction of sp³-hybridized carbons (Fsp3) is 0.250. The first-order valence-corrected chi connectivity index (χ1v) is 8.17. The van der Waals surface area contributed by atoms with Crippen LogP contribution in [0, 0.1) is 0 Å². The number of hydrogen-bond acceptors (Lipinski definition) is 2. The maximum atomic E-state index is 10.5. The second kappa shape index (κ2) is 6.17. The Hall–Kier alpha value is -0.740. The summed E-state index contributed by atoms with van der Waals surface area (Å²) in [5.41, 5.74) is 2.78. The number of fused-ring (bicyclic) bond motifs is 1. The van der Waals surface area contributed by atoms with Gasteiger partial charge in [-0.25, -0.2) is 0 Å². The van der Waals surface area contributed by atoms with Crippen molar-refractivity contribution in [2.24, 2.45) is 0 Å². The topological polar surface area (TPSA) is 29.5 Å². The number of aliphatic hydroxyl groups is 1. The van der Waals surface area contributed by atoms with E-state index in [1.165, 1.54) is 5.56 Å². The number of halogens is 3. The molecule has 110 valence electrons. The van der Waals surface area contributed by atoms with Gasteiger partial charge in [-0.05, 0) is 29.3 Å². The lowest BCUT2D eigenvalue weighted by Gasteiger charge is -2.16. The van der Waals surface area contributed by atoms with Crippen molar-refractivity contribution in [1.29, 1.82) is 0 Å². The van der Waals surface area contributed by atoms with Gasteiger partial charge in [0.05, 0.1) is 22.8 Å². The van der Waals surface area contributed by atoms with Crippen molar-refractivity contribution in [3.63, 3.8) is 0 Å². The molecular formula is C16H13BrCl2O2. The van der Waals surface area contributed by atoms with E-state index in [2.05, 4.69) is 22.0 Å². The molecule has 1 aliphatic rings. The molecule has 0 bridgehead atoms. The Bertz CT molecular complexity index is 688. The SMILES string of the molecule is OC(Cc1cc(Br)cc2c1OCC2)c1cccc(Cl)c1Cl. The fourth-order valence-electron chi connectivity index (χ4n) is 2.59. The second-order valence-corrected chi connectivity index (χ2v) is 6.72. The molecule has 0 fully saturated rings. The van der Waals surface area contributed by atoms with Gasteiger partial charge in [0.1, 0.15) is 5.75 Å². The first-order valence-electron chi connectivity index (χ1n) is 6.62. The molecule has 1 atom stereocenters. The highest BCUT2D eigenvalue weighted by Gasteiger charge is 2.21. The van der Waals surface area contributed by atoms with E-state index in [1.807, 2.05) is 6.07 Å². The molecule has 2 aromatic carbocycles. The quantitative estimate of drug-likeness (QED) is 0.805. The van der Waals surface area contributed by atoms with Crippen LogP contribution in [0.25, 0.3) is 0 Å². The summed E-state index contributed by atoms with van der Waals surface area (Å²) in [7, 11) is 0. The molecule has 0 aromatic heterocycles. The number of aliphatic hydroxyl groups excluding tert-OH is 1. The molecule has 0 saturated heterocycles. The van der Waals surface area contributed by atoms with Crippen molar-refractivity contribution in [1.82, 2.24) is 0 Å². The number of ether oxygens (including phenoxy) is 1. The van der Waals surface area contributed by atoms with E-state index in [1.54, 1.807) is 18.2 Å². The predicted octanol–water partition coefficient (Wildman–Crippen LogP) is 4.97. The lowest BCUT2D eigenvalue weighted by Crippen LogP contribution is -2.04. The molecule has 1 N–H and O–H groups in total. The van der Waals surface area contributed by atoms with E-state index >= 15 is 0 Å². The van der Waals surface area contributed by atoms with E-state index < -0.39 is 6.10 Å². The van der Waals surface area contributed by atoms with E-state index in [4.69, 9.17) is 27.9 Å². The maximum absolute atomic E-state index is 10.5.